The maximum Gasteiger partial charge on any atom is 0.336 e. The average Bonchev–Trinajstić information content (AvgIpc) is 2.91. The van der Waals surface area contributed by atoms with E-state index in [9.17, 15) is 14.4 Å². The molecule has 0 spiro atoms. The van der Waals surface area contributed by atoms with Crippen LogP contribution in [0.3, 0.4) is 0 Å². The number of anilines is 1. The van der Waals surface area contributed by atoms with Gasteiger partial charge < -0.3 is 14.3 Å². The average molecular weight is 345 g/mol. The zero-order chi connectivity index (χ0) is 17.3. The number of hydrogen-bond acceptors (Lipinski definition) is 6. The molecule has 0 fully saturated rings. The largest absolute Gasteiger partial charge is 0.422 e. The fourth-order valence-electron chi connectivity index (χ4n) is 2.38. The second-order valence-electron chi connectivity index (χ2n) is 5.39. The van der Waals surface area contributed by atoms with Gasteiger partial charge in [0.05, 0.1) is 11.1 Å². The number of nitrogens with zero attached hydrogens (tertiary/aromatic N) is 2. The van der Waals surface area contributed by atoms with E-state index in [0.717, 1.165) is 5.69 Å². The number of carbonyl (C=O) groups excluding carboxylic acids is 1. The van der Waals surface area contributed by atoms with Gasteiger partial charge in [-0.3, -0.25) is 9.59 Å². The fourth-order valence-corrected chi connectivity index (χ4v) is 3.09. The van der Waals surface area contributed by atoms with Crippen LogP contribution in [-0.2, 0) is 11.3 Å². The summed E-state index contributed by atoms with van der Waals surface area (Å²) in [6.07, 6.45) is 1.66. The Morgan fingerprint density at radius 3 is 2.88 bits per heavy atom. The van der Waals surface area contributed by atoms with Crippen molar-refractivity contribution in [3.8, 4) is 0 Å². The molecule has 3 aromatic rings. The van der Waals surface area contributed by atoms with Crippen LogP contribution >= 0.6 is 11.3 Å². The standard InChI is InChI=1S/C16H15N3O4S/c1-9-7-13(21)23-11-3-5-19(15(22)14(9)11)6-4-12(20)18-16-17-10(2)8-24-16/h3,5,7-8H,4,6H2,1-2H3,(H,17,18,20). The van der Waals surface area contributed by atoms with Crippen LogP contribution in [0.5, 0.6) is 0 Å². The van der Waals surface area contributed by atoms with Crippen molar-refractivity contribution >= 4 is 33.3 Å². The second-order valence-corrected chi connectivity index (χ2v) is 6.25. The summed E-state index contributed by atoms with van der Waals surface area (Å²) in [5.74, 6) is -0.215. The molecular formula is C16H15N3O4S. The van der Waals surface area contributed by atoms with Gasteiger partial charge in [-0.25, -0.2) is 9.78 Å². The number of rotatable bonds is 4. The highest BCUT2D eigenvalue weighted by Crippen LogP contribution is 2.15. The molecule has 3 heterocycles. The molecular weight excluding hydrogens is 330 g/mol. The topological polar surface area (TPSA) is 94.2 Å². The highest BCUT2D eigenvalue weighted by atomic mass is 32.1. The maximum atomic E-state index is 12.5. The van der Waals surface area contributed by atoms with E-state index in [1.54, 1.807) is 13.0 Å². The Labute approximate surface area is 140 Å². The monoisotopic (exact) mass is 345 g/mol. The van der Waals surface area contributed by atoms with E-state index in [4.69, 9.17) is 4.42 Å². The van der Waals surface area contributed by atoms with Crippen LogP contribution in [0.25, 0.3) is 11.0 Å². The van der Waals surface area contributed by atoms with Crippen LogP contribution in [0.4, 0.5) is 5.13 Å². The van der Waals surface area contributed by atoms with Crippen molar-refractivity contribution in [1.82, 2.24) is 9.55 Å². The summed E-state index contributed by atoms with van der Waals surface area (Å²) in [5, 5.41) is 5.45. The van der Waals surface area contributed by atoms with E-state index in [2.05, 4.69) is 10.3 Å². The molecule has 0 unspecified atom stereocenters. The first-order valence-electron chi connectivity index (χ1n) is 7.30. The van der Waals surface area contributed by atoms with Crippen LogP contribution in [0.2, 0.25) is 0 Å². The van der Waals surface area contributed by atoms with Crippen LogP contribution in [-0.4, -0.2) is 15.5 Å². The van der Waals surface area contributed by atoms with Crippen molar-refractivity contribution < 1.29 is 9.21 Å². The maximum absolute atomic E-state index is 12.5. The summed E-state index contributed by atoms with van der Waals surface area (Å²) in [6.45, 7) is 3.76. The molecule has 0 saturated carbocycles. The summed E-state index contributed by atoms with van der Waals surface area (Å²) in [5.41, 5.74) is 0.882. The lowest BCUT2D eigenvalue weighted by molar-refractivity contribution is -0.116. The Morgan fingerprint density at radius 2 is 2.17 bits per heavy atom. The predicted octanol–water partition coefficient (Wildman–Crippen LogP) is 2.06. The van der Waals surface area contributed by atoms with Crippen LogP contribution in [0, 0.1) is 13.8 Å². The third-order valence-electron chi connectivity index (χ3n) is 3.51. The first-order chi connectivity index (χ1) is 11.4. The smallest absolute Gasteiger partial charge is 0.336 e. The normalized spacial score (nSPS) is 10.9. The van der Waals surface area contributed by atoms with Gasteiger partial charge in [0.25, 0.3) is 5.56 Å². The quantitative estimate of drug-likeness (QED) is 0.781. The number of amides is 1. The molecule has 3 aromatic heterocycles. The highest BCUT2D eigenvalue weighted by Gasteiger charge is 2.11. The van der Waals surface area contributed by atoms with Gasteiger partial charge >= 0.3 is 5.63 Å². The van der Waals surface area contributed by atoms with E-state index in [1.807, 2.05) is 12.3 Å². The van der Waals surface area contributed by atoms with Gasteiger partial charge in [-0.1, -0.05) is 0 Å². The molecule has 0 aliphatic rings. The molecule has 0 radical (unpaired) electrons. The zero-order valence-electron chi connectivity index (χ0n) is 13.2. The molecule has 1 amide bonds. The lowest BCUT2D eigenvalue weighted by Crippen LogP contribution is -2.23. The van der Waals surface area contributed by atoms with Gasteiger partial charge in [-0.05, 0) is 25.5 Å². The lowest BCUT2D eigenvalue weighted by Gasteiger charge is -2.07. The van der Waals surface area contributed by atoms with Crippen molar-refractivity contribution in [3.63, 3.8) is 0 Å². The summed E-state index contributed by atoms with van der Waals surface area (Å²) >= 11 is 1.35. The molecule has 7 nitrogen and oxygen atoms in total. The second kappa shape index (κ2) is 6.40. The van der Waals surface area contributed by atoms with E-state index in [-0.39, 0.29) is 30.0 Å². The third-order valence-corrected chi connectivity index (χ3v) is 4.39. The Bertz CT molecular complexity index is 1030. The first kappa shape index (κ1) is 16.1. The Morgan fingerprint density at radius 1 is 1.38 bits per heavy atom. The number of thiazole rings is 1. The SMILES string of the molecule is Cc1csc(NC(=O)CCn2ccc3oc(=O)cc(C)c3c2=O)n1. The third kappa shape index (κ3) is 3.28. The molecule has 124 valence electrons. The summed E-state index contributed by atoms with van der Waals surface area (Å²) in [6, 6.07) is 2.85. The summed E-state index contributed by atoms with van der Waals surface area (Å²) in [7, 11) is 0. The molecule has 1 N–H and O–H groups in total. The number of aromatic nitrogens is 2. The van der Waals surface area contributed by atoms with Crippen molar-refractivity contribution in [2.75, 3.05) is 5.32 Å². The molecule has 0 saturated heterocycles. The van der Waals surface area contributed by atoms with Gasteiger partial charge in [0.2, 0.25) is 5.91 Å². The van der Waals surface area contributed by atoms with Crippen molar-refractivity contribution in [1.29, 1.82) is 0 Å². The number of fused-ring (bicyclic) bond motifs is 1. The minimum absolute atomic E-state index is 0.139. The van der Waals surface area contributed by atoms with E-state index >= 15 is 0 Å². The number of pyridine rings is 1. The fraction of sp³-hybridized carbons (Fsp3) is 0.250. The van der Waals surface area contributed by atoms with Crippen LogP contribution < -0.4 is 16.5 Å². The zero-order valence-corrected chi connectivity index (χ0v) is 14.0. The molecule has 0 bridgehead atoms. The van der Waals surface area contributed by atoms with E-state index < -0.39 is 5.63 Å². The lowest BCUT2D eigenvalue weighted by atomic mass is 10.2. The summed E-state index contributed by atoms with van der Waals surface area (Å²) < 4.78 is 6.46. The highest BCUT2D eigenvalue weighted by molar-refractivity contribution is 7.13. The molecule has 8 heteroatoms. The molecule has 0 aromatic carbocycles. The van der Waals surface area contributed by atoms with Gasteiger partial charge in [0, 0.05) is 30.6 Å². The molecule has 0 atom stereocenters. The minimum atomic E-state index is -0.490. The molecule has 0 aliphatic heterocycles. The van der Waals surface area contributed by atoms with Gasteiger partial charge in [0.1, 0.15) is 5.58 Å². The van der Waals surface area contributed by atoms with Crippen molar-refractivity contribution in [2.24, 2.45) is 0 Å². The van der Waals surface area contributed by atoms with Gasteiger partial charge in [-0.2, -0.15) is 0 Å². The summed E-state index contributed by atoms with van der Waals surface area (Å²) in [4.78, 5) is 40.0. The van der Waals surface area contributed by atoms with Crippen molar-refractivity contribution in [2.45, 2.75) is 26.8 Å². The van der Waals surface area contributed by atoms with E-state index in [0.29, 0.717) is 16.1 Å². The first-order valence-corrected chi connectivity index (χ1v) is 8.18. The van der Waals surface area contributed by atoms with Crippen LogP contribution in [0.1, 0.15) is 17.7 Å². The molecule has 3 rings (SSSR count). The Kier molecular flexibility index (Phi) is 4.30. The Hall–Kier alpha value is -2.74. The number of aryl methyl sites for hydroxylation is 3. The number of nitrogens with one attached hydrogen (secondary N) is 1. The number of hydrogen-bond donors (Lipinski definition) is 1. The van der Waals surface area contributed by atoms with Crippen molar-refractivity contribution in [3.05, 3.63) is 55.7 Å². The van der Waals surface area contributed by atoms with E-state index in [1.165, 1.54) is 28.2 Å². The Balaban J connectivity index is 1.78. The van der Waals surface area contributed by atoms with Gasteiger partial charge in [0.15, 0.2) is 5.13 Å². The molecule has 0 aliphatic carbocycles. The van der Waals surface area contributed by atoms with Gasteiger partial charge in [-0.15, -0.1) is 11.3 Å². The van der Waals surface area contributed by atoms with Crippen LogP contribution in [0.15, 0.2) is 37.7 Å². The predicted molar refractivity (Wildman–Crippen MR) is 91.6 cm³/mol. The number of carbonyl (C=O) groups is 1. The molecule has 24 heavy (non-hydrogen) atoms. The minimum Gasteiger partial charge on any atom is -0.422 e.